The van der Waals surface area contributed by atoms with E-state index in [-0.39, 0.29) is 5.69 Å². The number of carbonyl (C=O) groups is 1. The van der Waals surface area contributed by atoms with Crippen molar-refractivity contribution in [2.75, 3.05) is 31.2 Å². The fraction of sp³-hybridized carbons (Fsp3) is 0.571. The number of nitrogen functional groups attached to an aromatic ring is 1. The molecule has 1 aliphatic heterocycles. The monoisotopic (exact) mass is 276 g/mol. The van der Waals surface area contributed by atoms with Gasteiger partial charge in [-0.15, -0.1) is 0 Å². The largest absolute Gasteiger partial charge is 0.464 e. The summed E-state index contributed by atoms with van der Waals surface area (Å²) in [5.74, 6) is 0.134. The molecule has 3 rings (SSSR count). The molecule has 1 atom stereocenters. The minimum Gasteiger partial charge on any atom is -0.464 e. The highest BCUT2D eigenvalue weighted by molar-refractivity contribution is 5.88. The zero-order chi connectivity index (χ0) is 14.1. The number of carbonyl (C=O) groups excluding carboxylic acids is 1. The van der Waals surface area contributed by atoms with Crippen molar-refractivity contribution in [3.05, 3.63) is 17.8 Å². The molecule has 1 aromatic heterocycles. The number of anilines is 2. The highest BCUT2D eigenvalue weighted by atomic mass is 16.5. The molecular weight excluding hydrogens is 256 g/mol. The molecule has 2 fully saturated rings. The number of hydrogen-bond acceptors (Lipinski definition) is 6. The van der Waals surface area contributed by atoms with Crippen LogP contribution in [0.15, 0.2) is 12.1 Å². The van der Waals surface area contributed by atoms with E-state index in [1.54, 1.807) is 12.1 Å². The molecule has 2 heterocycles. The van der Waals surface area contributed by atoms with Gasteiger partial charge in [-0.05, 0) is 31.4 Å². The smallest absolute Gasteiger partial charge is 0.356 e. The van der Waals surface area contributed by atoms with Gasteiger partial charge in [-0.3, -0.25) is 4.90 Å². The van der Waals surface area contributed by atoms with Gasteiger partial charge in [0.25, 0.3) is 0 Å². The summed E-state index contributed by atoms with van der Waals surface area (Å²) in [5.41, 5.74) is 6.76. The minimum absolute atomic E-state index is 0.279. The Hall–Kier alpha value is -1.82. The summed E-state index contributed by atoms with van der Waals surface area (Å²) in [6.07, 6.45) is 3.73. The van der Waals surface area contributed by atoms with Crippen LogP contribution in [-0.2, 0) is 4.74 Å². The number of likely N-dealkylation sites (tertiary alicyclic amines) is 1. The third-order valence-electron chi connectivity index (χ3n) is 3.94. The molecule has 1 saturated carbocycles. The van der Waals surface area contributed by atoms with Gasteiger partial charge >= 0.3 is 5.97 Å². The number of pyridine rings is 1. The molecule has 2 aliphatic rings. The highest BCUT2D eigenvalue weighted by Crippen LogP contribution is 2.31. The van der Waals surface area contributed by atoms with Gasteiger partial charge in [-0.25, -0.2) is 9.78 Å². The maximum atomic E-state index is 11.5. The van der Waals surface area contributed by atoms with E-state index in [0.29, 0.717) is 17.5 Å². The van der Waals surface area contributed by atoms with Crippen LogP contribution in [0.25, 0.3) is 0 Å². The van der Waals surface area contributed by atoms with E-state index in [9.17, 15) is 4.79 Å². The Morgan fingerprint density at radius 3 is 2.95 bits per heavy atom. The molecule has 6 nitrogen and oxygen atoms in total. The molecule has 0 aromatic carbocycles. The van der Waals surface area contributed by atoms with Crippen LogP contribution in [0.1, 0.15) is 29.8 Å². The molecule has 0 spiro atoms. The molecule has 1 unspecified atom stereocenters. The number of rotatable bonds is 4. The second-order valence-electron chi connectivity index (χ2n) is 5.48. The average Bonchev–Trinajstić information content (AvgIpc) is 3.21. The van der Waals surface area contributed by atoms with Gasteiger partial charge in [-0.2, -0.15) is 0 Å². The quantitative estimate of drug-likeness (QED) is 0.802. The van der Waals surface area contributed by atoms with Gasteiger partial charge in [0.2, 0.25) is 0 Å². The number of methoxy groups -OCH3 is 1. The number of ether oxygens (including phenoxy) is 1. The summed E-state index contributed by atoms with van der Waals surface area (Å²) in [5, 5.41) is 3.36. The van der Waals surface area contributed by atoms with Gasteiger partial charge in [-0.1, -0.05) is 0 Å². The van der Waals surface area contributed by atoms with Crippen molar-refractivity contribution in [1.82, 2.24) is 9.88 Å². The summed E-state index contributed by atoms with van der Waals surface area (Å²) < 4.78 is 4.68. The van der Waals surface area contributed by atoms with Gasteiger partial charge in [0.15, 0.2) is 5.69 Å². The van der Waals surface area contributed by atoms with E-state index in [1.807, 2.05) is 0 Å². The number of nitrogens with zero attached hydrogens (tertiary/aromatic N) is 2. The van der Waals surface area contributed by atoms with Gasteiger partial charge in [0.05, 0.1) is 12.8 Å². The Balaban J connectivity index is 1.68. The van der Waals surface area contributed by atoms with E-state index in [4.69, 9.17) is 5.73 Å². The van der Waals surface area contributed by atoms with Crippen molar-refractivity contribution >= 4 is 17.5 Å². The molecular formula is C14H20N4O2. The Bertz CT molecular complexity index is 516. The van der Waals surface area contributed by atoms with Gasteiger partial charge < -0.3 is 15.8 Å². The molecule has 6 heteroatoms. The first-order chi connectivity index (χ1) is 9.67. The van der Waals surface area contributed by atoms with Crippen LogP contribution in [-0.4, -0.2) is 48.1 Å². The van der Waals surface area contributed by atoms with E-state index >= 15 is 0 Å². The topological polar surface area (TPSA) is 80.5 Å². The molecule has 20 heavy (non-hydrogen) atoms. The fourth-order valence-corrected chi connectivity index (χ4v) is 2.67. The van der Waals surface area contributed by atoms with E-state index in [2.05, 4.69) is 19.9 Å². The predicted octanol–water partition coefficient (Wildman–Crippen LogP) is 1.10. The van der Waals surface area contributed by atoms with Crippen LogP contribution in [0.3, 0.4) is 0 Å². The molecule has 0 bridgehead atoms. The van der Waals surface area contributed by atoms with Crippen molar-refractivity contribution < 1.29 is 9.53 Å². The third kappa shape index (κ3) is 2.70. The number of aromatic nitrogens is 1. The van der Waals surface area contributed by atoms with E-state index in [0.717, 1.165) is 25.6 Å². The highest BCUT2D eigenvalue weighted by Gasteiger charge is 2.34. The lowest BCUT2D eigenvalue weighted by Gasteiger charge is -2.17. The number of nitrogens with two attached hydrogens (primary N) is 1. The standard InChI is InChI=1S/C14H20N4O2/c1-20-14(19)12-5-4-11(15)13(17-12)16-9-6-7-18(8-9)10-2-3-10/h4-5,9-10H,2-3,6-8,15H2,1H3,(H,16,17). The SMILES string of the molecule is COC(=O)c1ccc(N)c(NC2CCN(C3CC3)C2)n1. The average molecular weight is 276 g/mol. The van der Waals surface area contributed by atoms with Gasteiger partial charge in [0, 0.05) is 25.2 Å². The lowest BCUT2D eigenvalue weighted by molar-refractivity contribution is 0.0594. The van der Waals surface area contributed by atoms with Gasteiger partial charge in [0.1, 0.15) is 5.82 Å². The number of nitrogens with one attached hydrogen (secondary N) is 1. The summed E-state index contributed by atoms with van der Waals surface area (Å²) in [7, 11) is 1.35. The van der Waals surface area contributed by atoms with E-state index in [1.165, 1.54) is 20.0 Å². The Morgan fingerprint density at radius 2 is 2.25 bits per heavy atom. The normalized spacial score (nSPS) is 22.8. The molecule has 3 N–H and O–H groups in total. The van der Waals surface area contributed by atoms with Crippen LogP contribution >= 0.6 is 0 Å². The summed E-state index contributed by atoms with van der Waals surface area (Å²) in [6.45, 7) is 2.15. The van der Waals surface area contributed by atoms with Crippen molar-refractivity contribution in [2.45, 2.75) is 31.3 Å². The summed E-state index contributed by atoms with van der Waals surface area (Å²) in [4.78, 5) is 18.3. The van der Waals surface area contributed by atoms with Crippen LogP contribution in [0.5, 0.6) is 0 Å². The zero-order valence-corrected chi connectivity index (χ0v) is 11.6. The maximum absolute atomic E-state index is 11.5. The Morgan fingerprint density at radius 1 is 1.45 bits per heavy atom. The molecule has 108 valence electrons. The lowest BCUT2D eigenvalue weighted by atomic mass is 10.2. The molecule has 1 aromatic rings. The van der Waals surface area contributed by atoms with Crippen LogP contribution < -0.4 is 11.1 Å². The lowest BCUT2D eigenvalue weighted by Crippen LogP contribution is -2.28. The van der Waals surface area contributed by atoms with Crippen molar-refractivity contribution in [2.24, 2.45) is 0 Å². The first-order valence-corrected chi connectivity index (χ1v) is 7.03. The Kier molecular flexibility index (Phi) is 3.48. The fourth-order valence-electron chi connectivity index (χ4n) is 2.67. The number of esters is 1. The van der Waals surface area contributed by atoms with Crippen molar-refractivity contribution in [3.8, 4) is 0 Å². The zero-order valence-electron chi connectivity index (χ0n) is 11.6. The summed E-state index contributed by atoms with van der Waals surface area (Å²) in [6, 6.07) is 4.40. The summed E-state index contributed by atoms with van der Waals surface area (Å²) >= 11 is 0. The van der Waals surface area contributed by atoms with Crippen molar-refractivity contribution in [3.63, 3.8) is 0 Å². The first kappa shape index (κ1) is 13.2. The third-order valence-corrected chi connectivity index (χ3v) is 3.94. The molecule has 0 amide bonds. The first-order valence-electron chi connectivity index (χ1n) is 7.03. The second kappa shape index (κ2) is 5.28. The number of hydrogen-bond donors (Lipinski definition) is 2. The Labute approximate surface area is 118 Å². The van der Waals surface area contributed by atoms with Crippen molar-refractivity contribution in [1.29, 1.82) is 0 Å². The molecule has 1 saturated heterocycles. The van der Waals surface area contributed by atoms with Crippen LogP contribution in [0.2, 0.25) is 0 Å². The minimum atomic E-state index is -0.445. The van der Waals surface area contributed by atoms with Crippen LogP contribution in [0.4, 0.5) is 11.5 Å². The molecule has 1 aliphatic carbocycles. The predicted molar refractivity (Wildman–Crippen MR) is 76.6 cm³/mol. The maximum Gasteiger partial charge on any atom is 0.356 e. The van der Waals surface area contributed by atoms with E-state index < -0.39 is 5.97 Å². The van der Waals surface area contributed by atoms with Crippen LogP contribution in [0, 0.1) is 0 Å². The molecule has 0 radical (unpaired) electrons. The second-order valence-corrected chi connectivity index (χ2v) is 5.48.